The maximum absolute atomic E-state index is 13.2. The molecular formula is C26H23ClN2O5. The van der Waals surface area contributed by atoms with Crippen LogP contribution in [0.3, 0.4) is 0 Å². The predicted octanol–water partition coefficient (Wildman–Crippen LogP) is 4.15. The van der Waals surface area contributed by atoms with E-state index in [-0.39, 0.29) is 41.0 Å². The van der Waals surface area contributed by atoms with Gasteiger partial charge in [-0.3, -0.25) is 14.4 Å². The third kappa shape index (κ3) is 3.70. The molecule has 1 saturated heterocycles. The van der Waals surface area contributed by atoms with E-state index in [2.05, 4.69) is 11.4 Å². The number of benzene rings is 2. The number of hydrogen-bond donors (Lipinski definition) is 1. The molecule has 8 heteroatoms. The van der Waals surface area contributed by atoms with E-state index < -0.39 is 18.5 Å². The normalized spacial score (nSPS) is 24.8. The Labute approximate surface area is 201 Å². The number of esters is 1. The summed E-state index contributed by atoms with van der Waals surface area (Å²) in [6.07, 6.45) is 2.97. The molecule has 2 bridgehead atoms. The zero-order valence-corrected chi connectivity index (χ0v) is 19.5. The van der Waals surface area contributed by atoms with Gasteiger partial charge in [0.15, 0.2) is 6.61 Å². The molecule has 3 aliphatic rings. The van der Waals surface area contributed by atoms with E-state index in [1.807, 2.05) is 13.8 Å². The van der Waals surface area contributed by atoms with Crippen molar-refractivity contribution in [2.75, 3.05) is 16.8 Å². The van der Waals surface area contributed by atoms with Crippen molar-refractivity contribution in [2.45, 2.75) is 20.3 Å². The molecule has 3 amide bonds. The molecule has 2 fully saturated rings. The Kier molecular flexibility index (Phi) is 5.52. The number of ether oxygens (including phenoxy) is 1. The van der Waals surface area contributed by atoms with Crippen LogP contribution < -0.4 is 10.2 Å². The molecule has 1 aliphatic heterocycles. The number of halogens is 1. The average molecular weight is 479 g/mol. The quantitative estimate of drug-likeness (QED) is 0.396. The molecule has 5 rings (SSSR count). The van der Waals surface area contributed by atoms with Crippen LogP contribution in [0.4, 0.5) is 11.4 Å². The number of aryl methyl sites for hydroxylation is 1. The van der Waals surface area contributed by atoms with Crippen molar-refractivity contribution >= 4 is 46.7 Å². The molecule has 34 heavy (non-hydrogen) atoms. The number of amides is 3. The number of rotatable bonds is 5. The zero-order valence-electron chi connectivity index (χ0n) is 18.7. The van der Waals surface area contributed by atoms with E-state index in [1.165, 1.54) is 22.6 Å². The number of fused-ring (bicyclic) bond motifs is 5. The lowest BCUT2D eigenvalue weighted by atomic mass is 9.82. The van der Waals surface area contributed by atoms with Gasteiger partial charge < -0.3 is 10.1 Å². The van der Waals surface area contributed by atoms with Crippen LogP contribution in [0.5, 0.6) is 0 Å². The second kappa shape index (κ2) is 8.40. The van der Waals surface area contributed by atoms with Crippen molar-refractivity contribution in [3.05, 3.63) is 70.3 Å². The Hall–Kier alpha value is -3.45. The molecule has 0 aromatic heterocycles. The first kappa shape index (κ1) is 22.3. The molecule has 1 heterocycles. The third-order valence-corrected chi connectivity index (χ3v) is 7.26. The molecule has 0 radical (unpaired) electrons. The van der Waals surface area contributed by atoms with Gasteiger partial charge in [-0.15, -0.1) is 0 Å². The van der Waals surface area contributed by atoms with Gasteiger partial charge in [0, 0.05) is 10.7 Å². The van der Waals surface area contributed by atoms with Gasteiger partial charge in [0.1, 0.15) is 0 Å². The minimum Gasteiger partial charge on any atom is -0.452 e. The SMILES string of the molecule is CC1=C[C@H]2C[C@H]1[C@H]1C(=O)N(c3cccc(C(=O)OCC(=O)Nc4cc(Cl)ccc4C)c3)C(=O)[C@@H]12. The minimum atomic E-state index is -0.725. The lowest BCUT2D eigenvalue weighted by Gasteiger charge is -2.19. The van der Waals surface area contributed by atoms with Crippen LogP contribution in [0.2, 0.25) is 5.02 Å². The fraction of sp³-hybridized carbons (Fsp3) is 0.308. The van der Waals surface area contributed by atoms with Crippen LogP contribution in [0.25, 0.3) is 0 Å². The molecule has 4 atom stereocenters. The van der Waals surface area contributed by atoms with E-state index in [1.54, 1.807) is 30.3 Å². The Morgan fingerprint density at radius 3 is 2.65 bits per heavy atom. The molecule has 2 aromatic carbocycles. The van der Waals surface area contributed by atoms with Crippen molar-refractivity contribution in [1.29, 1.82) is 0 Å². The summed E-state index contributed by atoms with van der Waals surface area (Å²) in [6.45, 7) is 3.35. The Morgan fingerprint density at radius 2 is 1.85 bits per heavy atom. The lowest BCUT2D eigenvalue weighted by molar-refractivity contribution is -0.123. The van der Waals surface area contributed by atoms with Crippen LogP contribution in [0, 0.1) is 30.6 Å². The van der Waals surface area contributed by atoms with E-state index >= 15 is 0 Å². The molecule has 7 nitrogen and oxygen atoms in total. The molecular weight excluding hydrogens is 456 g/mol. The first-order chi connectivity index (χ1) is 16.2. The third-order valence-electron chi connectivity index (χ3n) is 7.03. The van der Waals surface area contributed by atoms with Gasteiger partial charge in [0.2, 0.25) is 11.8 Å². The predicted molar refractivity (Wildman–Crippen MR) is 126 cm³/mol. The summed E-state index contributed by atoms with van der Waals surface area (Å²) >= 11 is 5.96. The van der Waals surface area contributed by atoms with Crippen LogP contribution in [0.1, 0.15) is 29.3 Å². The molecule has 2 aromatic rings. The highest BCUT2D eigenvalue weighted by atomic mass is 35.5. The van der Waals surface area contributed by atoms with Crippen molar-refractivity contribution in [3.8, 4) is 0 Å². The average Bonchev–Trinajstić information content (AvgIpc) is 3.45. The Bertz CT molecular complexity index is 1270. The van der Waals surface area contributed by atoms with Gasteiger partial charge in [-0.25, -0.2) is 9.69 Å². The highest BCUT2D eigenvalue weighted by molar-refractivity contribution is 6.31. The second-order valence-corrected chi connectivity index (χ2v) is 9.55. The van der Waals surface area contributed by atoms with Gasteiger partial charge in [-0.2, -0.15) is 0 Å². The fourth-order valence-corrected chi connectivity index (χ4v) is 5.60. The molecule has 2 aliphatic carbocycles. The summed E-state index contributed by atoms with van der Waals surface area (Å²) in [5, 5.41) is 3.14. The highest BCUT2D eigenvalue weighted by Crippen LogP contribution is 2.55. The Morgan fingerprint density at radius 1 is 1.09 bits per heavy atom. The summed E-state index contributed by atoms with van der Waals surface area (Å²) in [5.41, 5.74) is 3.03. The first-order valence-electron chi connectivity index (χ1n) is 11.1. The number of nitrogens with one attached hydrogen (secondary N) is 1. The van der Waals surface area contributed by atoms with Crippen molar-refractivity contribution in [1.82, 2.24) is 0 Å². The number of imide groups is 1. The number of carbonyl (C=O) groups is 4. The van der Waals surface area contributed by atoms with E-state index in [4.69, 9.17) is 16.3 Å². The maximum Gasteiger partial charge on any atom is 0.338 e. The van der Waals surface area contributed by atoms with Gasteiger partial charge in [0.05, 0.1) is 23.1 Å². The summed E-state index contributed by atoms with van der Waals surface area (Å²) < 4.78 is 5.16. The lowest BCUT2D eigenvalue weighted by Crippen LogP contribution is -2.33. The number of anilines is 2. The summed E-state index contributed by atoms with van der Waals surface area (Å²) in [5.74, 6) is -2.09. The second-order valence-electron chi connectivity index (χ2n) is 9.11. The van der Waals surface area contributed by atoms with E-state index in [0.29, 0.717) is 16.4 Å². The highest BCUT2D eigenvalue weighted by Gasteiger charge is 2.60. The van der Waals surface area contributed by atoms with Gasteiger partial charge >= 0.3 is 5.97 Å². The topological polar surface area (TPSA) is 92.8 Å². The van der Waals surface area contributed by atoms with Gasteiger partial charge in [0.25, 0.3) is 5.91 Å². The fourth-order valence-electron chi connectivity index (χ4n) is 5.43. The number of carbonyl (C=O) groups excluding carboxylic acids is 4. The number of nitrogens with zero attached hydrogens (tertiary/aromatic N) is 1. The van der Waals surface area contributed by atoms with Crippen LogP contribution in [-0.4, -0.2) is 30.3 Å². The molecule has 0 spiro atoms. The summed E-state index contributed by atoms with van der Waals surface area (Å²) in [7, 11) is 0. The minimum absolute atomic E-state index is 0.103. The van der Waals surface area contributed by atoms with E-state index in [9.17, 15) is 19.2 Å². The van der Waals surface area contributed by atoms with Gasteiger partial charge in [-0.05, 0) is 68.0 Å². The zero-order chi connectivity index (χ0) is 24.1. The summed E-state index contributed by atoms with van der Waals surface area (Å²) in [6, 6.07) is 11.3. The molecule has 1 N–H and O–H groups in total. The van der Waals surface area contributed by atoms with Crippen molar-refractivity contribution in [2.24, 2.45) is 23.7 Å². The van der Waals surface area contributed by atoms with Crippen molar-refractivity contribution in [3.63, 3.8) is 0 Å². The van der Waals surface area contributed by atoms with Gasteiger partial charge in [-0.1, -0.05) is 35.4 Å². The van der Waals surface area contributed by atoms with Crippen LogP contribution >= 0.6 is 11.6 Å². The number of hydrogen-bond acceptors (Lipinski definition) is 5. The van der Waals surface area contributed by atoms with E-state index in [0.717, 1.165) is 12.0 Å². The van der Waals surface area contributed by atoms with Crippen molar-refractivity contribution < 1.29 is 23.9 Å². The largest absolute Gasteiger partial charge is 0.452 e. The Balaban J connectivity index is 1.26. The first-order valence-corrected chi connectivity index (χ1v) is 11.5. The van der Waals surface area contributed by atoms with Crippen LogP contribution in [-0.2, 0) is 19.1 Å². The molecule has 174 valence electrons. The summed E-state index contributed by atoms with van der Waals surface area (Å²) in [4.78, 5) is 52.3. The molecule has 1 saturated carbocycles. The van der Waals surface area contributed by atoms with Crippen LogP contribution in [0.15, 0.2) is 54.1 Å². The maximum atomic E-state index is 13.2. The standard InChI is InChI=1S/C26H23ClN2O5/c1-13-6-7-17(27)11-20(13)28-21(30)12-34-26(33)15-4-3-5-18(9-15)29-24(31)22-16-8-14(2)19(10-16)23(22)25(29)32/h3-9,11,16,19,22-23H,10,12H2,1-2H3,(H,28,30)/t16-,19+,22+,23+/m0/s1. The number of allylic oxidation sites excluding steroid dienone is 2. The molecule has 0 unspecified atom stereocenters. The monoisotopic (exact) mass is 478 g/mol. The smallest absolute Gasteiger partial charge is 0.338 e.